The molecule has 3 aliphatic rings. The molecule has 3 unspecified atom stereocenters. The molecule has 1 saturated heterocycles. The second-order valence-electron chi connectivity index (χ2n) is 6.99. The van der Waals surface area contributed by atoms with E-state index in [2.05, 4.69) is 30.5 Å². The van der Waals surface area contributed by atoms with Gasteiger partial charge in [0.25, 0.3) is 0 Å². The van der Waals surface area contributed by atoms with Crippen molar-refractivity contribution < 1.29 is 4.74 Å². The van der Waals surface area contributed by atoms with E-state index < -0.39 is 0 Å². The van der Waals surface area contributed by atoms with Crippen molar-refractivity contribution >= 4 is 0 Å². The predicted molar refractivity (Wildman–Crippen MR) is 83.7 cm³/mol. The first-order valence-corrected chi connectivity index (χ1v) is 8.37. The highest BCUT2D eigenvalue weighted by atomic mass is 16.5. The van der Waals surface area contributed by atoms with E-state index in [0.717, 1.165) is 17.8 Å². The minimum atomic E-state index is 0.533. The predicted octanol–water partition coefficient (Wildman–Crippen LogP) is 3.69. The van der Waals surface area contributed by atoms with Gasteiger partial charge in [-0.15, -0.1) is 0 Å². The van der Waals surface area contributed by atoms with Gasteiger partial charge in [-0.05, 0) is 69.7 Å². The molecule has 0 spiro atoms. The van der Waals surface area contributed by atoms with Crippen LogP contribution in [0.2, 0.25) is 0 Å². The zero-order chi connectivity index (χ0) is 13.9. The van der Waals surface area contributed by atoms with Gasteiger partial charge in [-0.3, -0.25) is 0 Å². The van der Waals surface area contributed by atoms with Gasteiger partial charge in [0, 0.05) is 13.2 Å². The highest BCUT2D eigenvalue weighted by molar-refractivity contribution is 5.22. The van der Waals surface area contributed by atoms with Crippen molar-refractivity contribution in [1.82, 2.24) is 5.32 Å². The topological polar surface area (TPSA) is 21.3 Å². The van der Waals surface area contributed by atoms with Crippen LogP contribution in [0.3, 0.4) is 0 Å². The monoisotopic (exact) mass is 275 g/mol. The van der Waals surface area contributed by atoms with Crippen molar-refractivity contribution in [2.24, 2.45) is 17.8 Å². The van der Waals surface area contributed by atoms with E-state index in [4.69, 9.17) is 4.74 Å². The van der Waals surface area contributed by atoms with Crippen molar-refractivity contribution in [1.29, 1.82) is 0 Å². The third-order valence-corrected chi connectivity index (χ3v) is 5.75. The third kappa shape index (κ3) is 3.17. The third-order valence-electron chi connectivity index (χ3n) is 5.75. The number of hydrogen-bond acceptors (Lipinski definition) is 2. The van der Waals surface area contributed by atoms with E-state index in [0.29, 0.717) is 12.1 Å². The summed E-state index contributed by atoms with van der Waals surface area (Å²) in [6.07, 6.45) is 15.5. The molecular weight excluding hydrogens is 246 g/mol. The molecule has 0 aromatic heterocycles. The average molecular weight is 275 g/mol. The van der Waals surface area contributed by atoms with Gasteiger partial charge >= 0.3 is 0 Å². The normalized spacial score (nSPS) is 41.7. The van der Waals surface area contributed by atoms with E-state index in [-0.39, 0.29) is 0 Å². The van der Waals surface area contributed by atoms with Crippen LogP contribution in [-0.4, -0.2) is 25.8 Å². The number of methoxy groups -OCH3 is 1. The number of allylic oxidation sites excluding steroid dienone is 3. The van der Waals surface area contributed by atoms with Crippen LogP contribution in [0.1, 0.15) is 45.4 Å². The van der Waals surface area contributed by atoms with Crippen molar-refractivity contribution in [2.45, 2.75) is 57.6 Å². The first-order valence-electron chi connectivity index (χ1n) is 8.37. The van der Waals surface area contributed by atoms with Crippen molar-refractivity contribution in [3.05, 3.63) is 23.8 Å². The van der Waals surface area contributed by atoms with Gasteiger partial charge in [0.05, 0.1) is 6.10 Å². The summed E-state index contributed by atoms with van der Waals surface area (Å²) >= 11 is 0. The maximum Gasteiger partial charge on any atom is 0.0571 e. The highest BCUT2D eigenvalue weighted by Crippen LogP contribution is 2.37. The van der Waals surface area contributed by atoms with Gasteiger partial charge in [0.1, 0.15) is 0 Å². The van der Waals surface area contributed by atoms with Crippen LogP contribution >= 0.6 is 0 Å². The largest absolute Gasteiger partial charge is 0.381 e. The minimum Gasteiger partial charge on any atom is -0.381 e. The summed E-state index contributed by atoms with van der Waals surface area (Å²) in [6, 6.07) is 0.709. The van der Waals surface area contributed by atoms with Gasteiger partial charge in [0.15, 0.2) is 0 Å². The Bertz CT molecular complexity index is 379. The van der Waals surface area contributed by atoms with Gasteiger partial charge in [0.2, 0.25) is 0 Å². The standard InChI is InChI=1S/C18H29NO/c1-13-3-5-15(6-4-13)18-11-16(12-19-18)14-7-9-17(20-2)10-8-14/h3-5,14-19H,6-12H2,1-2H3. The Kier molecular flexibility index (Phi) is 4.62. The fourth-order valence-electron chi connectivity index (χ4n) is 4.32. The molecule has 3 rings (SSSR count). The Hall–Kier alpha value is -0.600. The van der Waals surface area contributed by atoms with Crippen LogP contribution in [0.25, 0.3) is 0 Å². The fraction of sp³-hybridized carbons (Fsp3) is 0.778. The van der Waals surface area contributed by atoms with Gasteiger partial charge < -0.3 is 10.1 Å². The van der Waals surface area contributed by atoms with Crippen LogP contribution in [0.4, 0.5) is 0 Å². The first-order chi connectivity index (χ1) is 9.76. The highest BCUT2D eigenvalue weighted by Gasteiger charge is 2.35. The van der Waals surface area contributed by atoms with Crippen molar-refractivity contribution in [2.75, 3.05) is 13.7 Å². The molecule has 0 bridgehead atoms. The molecule has 20 heavy (non-hydrogen) atoms. The summed E-state index contributed by atoms with van der Waals surface area (Å²) in [4.78, 5) is 0. The molecule has 2 heteroatoms. The summed E-state index contributed by atoms with van der Waals surface area (Å²) in [7, 11) is 1.86. The fourth-order valence-corrected chi connectivity index (χ4v) is 4.32. The van der Waals surface area contributed by atoms with Crippen LogP contribution < -0.4 is 5.32 Å². The van der Waals surface area contributed by atoms with E-state index >= 15 is 0 Å². The molecule has 2 aliphatic carbocycles. The maximum atomic E-state index is 5.50. The van der Waals surface area contributed by atoms with Gasteiger partial charge in [-0.1, -0.05) is 23.8 Å². The Morgan fingerprint density at radius 3 is 2.60 bits per heavy atom. The molecule has 0 aromatic carbocycles. The lowest BCUT2D eigenvalue weighted by Gasteiger charge is -2.31. The van der Waals surface area contributed by atoms with Crippen LogP contribution in [0.5, 0.6) is 0 Å². The zero-order valence-corrected chi connectivity index (χ0v) is 13.0. The first kappa shape index (κ1) is 14.3. The lowest BCUT2D eigenvalue weighted by molar-refractivity contribution is 0.0477. The second kappa shape index (κ2) is 6.44. The molecule has 3 atom stereocenters. The summed E-state index contributed by atoms with van der Waals surface area (Å²) < 4.78 is 5.50. The summed E-state index contributed by atoms with van der Waals surface area (Å²) in [5, 5.41) is 3.80. The van der Waals surface area contributed by atoms with Gasteiger partial charge in [-0.25, -0.2) is 0 Å². The molecule has 2 fully saturated rings. The van der Waals surface area contributed by atoms with E-state index in [1.165, 1.54) is 50.6 Å². The smallest absolute Gasteiger partial charge is 0.0571 e. The molecule has 112 valence electrons. The molecule has 1 heterocycles. The lowest BCUT2D eigenvalue weighted by atomic mass is 9.77. The Morgan fingerprint density at radius 2 is 1.95 bits per heavy atom. The summed E-state index contributed by atoms with van der Waals surface area (Å²) in [6.45, 7) is 3.44. The molecular formula is C18H29NO. The van der Waals surface area contributed by atoms with Crippen LogP contribution in [0, 0.1) is 17.8 Å². The number of ether oxygens (including phenoxy) is 1. The maximum absolute atomic E-state index is 5.50. The van der Waals surface area contributed by atoms with Gasteiger partial charge in [-0.2, -0.15) is 0 Å². The van der Waals surface area contributed by atoms with Crippen LogP contribution in [0.15, 0.2) is 23.8 Å². The summed E-state index contributed by atoms with van der Waals surface area (Å²) in [5.74, 6) is 2.56. The molecule has 0 amide bonds. The molecule has 0 aromatic rings. The molecule has 2 nitrogen and oxygen atoms in total. The van der Waals surface area contributed by atoms with E-state index in [9.17, 15) is 0 Å². The lowest BCUT2D eigenvalue weighted by Crippen LogP contribution is -2.29. The van der Waals surface area contributed by atoms with E-state index in [1.807, 2.05) is 7.11 Å². The quantitative estimate of drug-likeness (QED) is 0.848. The molecule has 1 saturated carbocycles. The molecule has 1 N–H and O–H groups in total. The van der Waals surface area contributed by atoms with Crippen molar-refractivity contribution in [3.63, 3.8) is 0 Å². The zero-order valence-electron chi connectivity index (χ0n) is 13.0. The number of rotatable bonds is 3. The van der Waals surface area contributed by atoms with E-state index in [1.54, 1.807) is 0 Å². The summed E-state index contributed by atoms with van der Waals surface area (Å²) in [5.41, 5.74) is 1.42. The molecule has 0 radical (unpaired) electrons. The minimum absolute atomic E-state index is 0.533. The number of hydrogen-bond donors (Lipinski definition) is 1. The SMILES string of the molecule is COC1CCC(C2CNC(C3C=CC(C)=CC3)C2)CC1. The average Bonchev–Trinajstić information content (AvgIpc) is 2.98. The van der Waals surface area contributed by atoms with Crippen LogP contribution in [-0.2, 0) is 4.74 Å². The second-order valence-corrected chi connectivity index (χ2v) is 6.99. The van der Waals surface area contributed by atoms with Crippen molar-refractivity contribution in [3.8, 4) is 0 Å². The Balaban J connectivity index is 1.49. The molecule has 1 aliphatic heterocycles. The number of nitrogens with one attached hydrogen (secondary N) is 1. The Morgan fingerprint density at radius 1 is 1.15 bits per heavy atom. The Labute approximate surface area is 123 Å².